The monoisotopic (exact) mass is 822 g/mol. The zero-order valence-corrected chi connectivity index (χ0v) is 34.7. The van der Waals surface area contributed by atoms with Crippen molar-refractivity contribution in [1.82, 2.24) is 0 Å². The van der Waals surface area contributed by atoms with Crippen LogP contribution in [-0.4, -0.2) is 12.9 Å². The second kappa shape index (κ2) is 5.47. The average Bonchev–Trinajstić information content (AvgIpc) is 4.17. The Hall–Kier alpha value is -7.62. The molecule has 2 atom stereocenters. The second-order valence-electron chi connectivity index (χ2n) is 25.0. The van der Waals surface area contributed by atoms with E-state index in [9.17, 15) is 0 Å². The first kappa shape index (κ1) is 24.8. The summed E-state index contributed by atoms with van der Waals surface area (Å²) in [6, 6.07) is 0. The summed E-state index contributed by atoms with van der Waals surface area (Å²) in [6.45, 7) is 5.46. The Morgan fingerprint density at radius 1 is 0.269 bits per heavy atom. The van der Waals surface area contributed by atoms with E-state index in [-0.39, 0.29) is 12.2 Å². The molecular formula is C65H10O2. The predicted octanol–water partition coefficient (Wildman–Crippen LogP) is 17.3. The lowest BCUT2D eigenvalue weighted by molar-refractivity contribution is -0.167. The lowest BCUT2D eigenvalue weighted by Gasteiger charge is -2.50. The largest absolute Gasteiger partial charge is 0.353 e. The maximum atomic E-state index is 8.48. The van der Waals surface area contributed by atoms with Crippen molar-refractivity contribution in [3.05, 3.63) is 22.3 Å². The van der Waals surface area contributed by atoms with E-state index in [1.54, 1.807) is 313 Å². The van der Waals surface area contributed by atoms with E-state index >= 15 is 0 Å². The first-order valence-corrected chi connectivity index (χ1v) is 25.4. The molecule has 1 saturated heterocycles. The van der Waals surface area contributed by atoms with Gasteiger partial charge in [0, 0.05) is 23.7 Å². The molecule has 1 fully saturated rings. The topological polar surface area (TPSA) is 18.5 Å². The molecule has 33 rings (SSSR count). The summed E-state index contributed by atoms with van der Waals surface area (Å²) in [5, 5.41) is 88.1. The van der Waals surface area contributed by atoms with E-state index in [0.717, 1.165) is 0 Å². The molecule has 0 aromatic heterocycles. The molecule has 0 N–H and O–H groups in total. The third kappa shape index (κ3) is 1.26. The number of hydrogen-bond acceptors (Lipinski definition) is 2. The Morgan fingerprint density at radius 2 is 0.433 bits per heavy atom. The molecule has 28 aromatic carbocycles. The number of ether oxygens (including phenoxy) is 2. The average molecular weight is 823 g/mol. The highest BCUT2D eigenvalue weighted by Gasteiger charge is 2.77. The molecule has 4 aliphatic carbocycles. The molecule has 0 unspecified atom stereocenters. The van der Waals surface area contributed by atoms with Gasteiger partial charge in [-0.2, -0.15) is 0 Å². The van der Waals surface area contributed by atoms with Gasteiger partial charge < -0.3 is 9.47 Å². The van der Waals surface area contributed by atoms with Crippen LogP contribution in [0.5, 0.6) is 0 Å². The van der Waals surface area contributed by atoms with E-state index < -0.39 is 11.0 Å². The van der Waals surface area contributed by atoms with Gasteiger partial charge in [0.05, 0.1) is 5.41 Å². The van der Waals surface area contributed by atoms with Crippen LogP contribution in [0.15, 0.2) is 0 Å². The molecule has 0 radical (unpaired) electrons. The Labute approximate surface area is 364 Å². The highest BCUT2D eigenvalue weighted by atomic mass is 16.7. The lowest BCUT2D eigenvalue weighted by Crippen LogP contribution is -2.51. The van der Waals surface area contributed by atoms with Crippen LogP contribution >= 0.6 is 0 Å². The fourth-order valence-electron chi connectivity index (χ4n) is 25.0. The van der Waals surface area contributed by atoms with Crippen LogP contribution < -0.4 is 0 Å². The lowest BCUT2D eigenvalue weighted by atomic mass is 9.51. The van der Waals surface area contributed by atoms with Crippen molar-refractivity contribution in [2.75, 3.05) is 6.61 Å². The summed E-state index contributed by atoms with van der Waals surface area (Å²) >= 11 is 0. The van der Waals surface area contributed by atoms with E-state index in [2.05, 4.69) is 13.8 Å². The van der Waals surface area contributed by atoms with Crippen LogP contribution in [0.2, 0.25) is 0 Å². The van der Waals surface area contributed by atoms with Crippen molar-refractivity contribution in [3.63, 3.8) is 0 Å². The van der Waals surface area contributed by atoms with Gasteiger partial charge in [0.25, 0.3) is 0 Å². The molecule has 5 aliphatic rings. The van der Waals surface area contributed by atoms with Crippen molar-refractivity contribution < 1.29 is 9.47 Å². The highest BCUT2D eigenvalue weighted by molar-refractivity contribution is 6.82. The molecule has 28 aromatic rings. The summed E-state index contributed by atoms with van der Waals surface area (Å²) < 4.78 is 15.6. The quantitative estimate of drug-likeness (QED) is 0.162. The van der Waals surface area contributed by atoms with Crippen LogP contribution in [0, 0.1) is 5.92 Å². The maximum Gasteiger partial charge on any atom is 0.163 e. The van der Waals surface area contributed by atoms with Crippen LogP contribution in [-0.2, 0) is 20.5 Å². The SMILES string of the molecule is CCO[C@@H]1OC23c4c5c6c7c8c9c(c%10c%11c2c2c4c4c%12c5c5c6c6c8c8c%13c9c9c%10c%10c%11c%11c2c2c4c4c%12c%12c5c5c6c8c6c8c%13c9c9c%10c%10c%11c2c2c4c4c%12c5c6c5c8c9c%10c2c45)C73[C@H]1C. The normalized spacial score (nSPS) is 25.3. The van der Waals surface area contributed by atoms with Crippen molar-refractivity contribution in [1.29, 1.82) is 0 Å². The minimum absolute atomic E-state index is 0.114. The van der Waals surface area contributed by atoms with Crippen LogP contribution in [0.3, 0.4) is 0 Å². The fourth-order valence-corrected chi connectivity index (χ4v) is 25.0. The first-order chi connectivity index (χ1) is 33.3. The van der Waals surface area contributed by atoms with Crippen molar-refractivity contribution in [2.45, 2.75) is 31.2 Å². The molecule has 67 heavy (non-hydrogen) atoms. The van der Waals surface area contributed by atoms with E-state index in [4.69, 9.17) is 9.47 Å². The molecule has 2 heteroatoms. The molecule has 282 valence electrons. The summed E-state index contributed by atoms with van der Waals surface area (Å²) in [4.78, 5) is 0. The Kier molecular flexibility index (Phi) is 2.02. The van der Waals surface area contributed by atoms with E-state index in [1.165, 1.54) is 0 Å². The van der Waals surface area contributed by atoms with Crippen molar-refractivity contribution >= 4 is 291 Å². The van der Waals surface area contributed by atoms with Crippen LogP contribution in [0.1, 0.15) is 36.1 Å². The molecule has 2 nitrogen and oxygen atoms in total. The third-order valence-corrected chi connectivity index (χ3v) is 25.0. The zero-order chi connectivity index (χ0) is 39.8. The standard InChI is InChI=1S/C65H10O2/c1-3-66-63-4(2)64-59-51-43-33-23-15-7-5-6-9-13-11(7)19-27-21(13)31-25-17(9)18-10(6)14-12-8(5)16(15)24-30-20(12)28-22(14)32-26(18)36-35(25)47-41(31)49-39(27)45(37(43)29(19)23)53(59)55(49)61-57(47)58-48(36)42(32)50-40(28)46-38(30)44(34(24)33)52(51)60(64)54(46)56(50)62(58)65(61,64)67-63/h4,63H,3H2,1-2H3/t4-,63+,64?,65?/m0/s1. The number of rotatable bonds is 2. The predicted molar refractivity (Wildman–Crippen MR) is 280 cm³/mol. The fraction of sp³-hybridized carbons (Fsp3) is 0.108. The van der Waals surface area contributed by atoms with E-state index in [1.807, 2.05) is 0 Å². The van der Waals surface area contributed by atoms with Crippen LogP contribution in [0.4, 0.5) is 0 Å². The van der Waals surface area contributed by atoms with Gasteiger partial charge in [0.2, 0.25) is 0 Å². The summed E-state index contributed by atoms with van der Waals surface area (Å²) in [6.07, 6.45) is -0.315. The van der Waals surface area contributed by atoms with Gasteiger partial charge in [-0.1, -0.05) is 6.92 Å². The van der Waals surface area contributed by atoms with Crippen LogP contribution in [0.25, 0.3) is 291 Å². The van der Waals surface area contributed by atoms with Gasteiger partial charge in [-0.25, -0.2) is 0 Å². The number of hydrogen-bond donors (Lipinski definition) is 0. The van der Waals surface area contributed by atoms with Gasteiger partial charge in [-0.15, -0.1) is 0 Å². The Morgan fingerprint density at radius 3 is 0.612 bits per heavy atom. The molecule has 1 aliphatic heterocycles. The summed E-state index contributed by atoms with van der Waals surface area (Å²) in [5.74, 6) is 0.114. The molecular weight excluding hydrogens is 813 g/mol. The maximum absolute atomic E-state index is 8.48. The van der Waals surface area contributed by atoms with Gasteiger partial charge in [-0.05, 0) is 309 Å². The molecule has 0 saturated carbocycles. The van der Waals surface area contributed by atoms with Gasteiger partial charge in [0.15, 0.2) is 6.29 Å². The molecule has 0 bridgehead atoms. The first-order valence-electron chi connectivity index (χ1n) is 25.4. The highest BCUT2D eigenvalue weighted by Crippen LogP contribution is 2.86. The Balaban J connectivity index is 1.24. The molecule has 1 heterocycles. The third-order valence-electron chi connectivity index (χ3n) is 25.0. The number of benzene rings is 18. The second-order valence-corrected chi connectivity index (χ2v) is 25.0. The van der Waals surface area contributed by atoms with Gasteiger partial charge >= 0.3 is 0 Å². The minimum Gasteiger partial charge on any atom is -0.353 e. The Bertz CT molecular complexity index is 6860. The van der Waals surface area contributed by atoms with E-state index in [0.29, 0.717) is 6.61 Å². The molecule has 0 amide bonds. The van der Waals surface area contributed by atoms with Crippen molar-refractivity contribution in [2.24, 2.45) is 5.92 Å². The summed E-state index contributed by atoms with van der Waals surface area (Å²) in [5.41, 5.74) is 5.36. The minimum atomic E-state index is -0.683. The molecule has 2 spiro atoms. The van der Waals surface area contributed by atoms with Gasteiger partial charge in [-0.3, -0.25) is 0 Å². The van der Waals surface area contributed by atoms with Gasteiger partial charge in [0.1, 0.15) is 5.60 Å². The smallest absolute Gasteiger partial charge is 0.163 e. The zero-order valence-electron chi connectivity index (χ0n) is 34.7. The van der Waals surface area contributed by atoms with Crippen molar-refractivity contribution in [3.8, 4) is 0 Å². The summed E-state index contributed by atoms with van der Waals surface area (Å²) in [7, 11) is 0.